The summed E-state index contributed by atoms with van der Waals surface area (Å²) in [6, 6.07) is 0. The highest BCUT2D eigenvalue weighted by Crippen LogP contribution is 2.34. The number of nitrogens with zero attached hydrogens (tertiary/aromatic N) is 2. The molecular weight excluding hydrogens is 248 g/mol. The molecule has 0 bridgehead atoms. The van der Waals surface area contributed by atoms with Crippen LogP contribution in [0.4, 0.5) is 14.7 Å². The van der Waals surface area contributed by atoms with Crippen LogP contribution in [0.5, 0.6) is 5.75 Å². The first-order valence-corrected chi connectivity index (χ1v) is 5.31. The Morgan fingerprint density at radius 3 is 2.73 bits per heavy atom. The summed E-state index contributed by atoms with van der Waals surface area (Å²) < 4.78 is 28.3. The van der Waals surface area contributed by atoms with Crippen LogP contribution in [0.3, 0.4) is 0 Å². The second-order valence-corrected chi connectivity index (χ2v) is 3.93. The molecule has 1 heterocycles. The van der Waals surface area contributed by atoms with Crippen molar-refractivity contribution in [1.29, 1.82) is 0 Å². The third-order valence-electron chi connectivity index (χ3n) is 1.30. The summed E-state index contributed by atoms with van der Waals surface area (Å²) in [5.41, 5.74) is 5.33. The van der Waals surface area contributed by atoms with Crippen molar-refractivity contribution < 1.29 is 13.5 Å². The first kappa shape index (κ1) is 12.3. The van der Waals surface area contributed by atoms with E-state index in [1.54, 1.807) is 0 Å². The number of nitrogens with two attached hydrogens (primary N) is 1. The molecule has 0 aliphatic carbocycles. The lowest BCUT2D eigenvalue weighted by atomic mass is 10.6. The highest BCUT2D eigenvalue weighted by Gasteiger charge is 2.17. The first-order valence-electron chi connectivity index (χ1n) is 3.95. The molecule has 0 spiro atoms. The molecule has 1 aromatic rings. The van der Waals surface area contributed by atoms with Crippen LogP contribution in [0.25, 0.3) is 0 Å². The second kappa shape index (κ2) is 5.32. The Bertz CT molecular complexity index is 353. The summed E-state index contributed by atoms with van der Waals surface area (Å²) in [7, 11) is 0. The molecule has 0 amide bonds. The van der Waals surface area contributed by atoms with E-state index < -0.39 is 6.61 Å². The molecule has 0 aliphatic rings. The van der Waals surface area contributed by atoms with Gasteiger partial charge in [0.15, 0.2) is 10.9 Å². The summed E-state index contributed by atoms with van der Waals surface area (Å²) in [5, 5.41) is 0.00838. The van der Waals surface area contributed by atoms with E-state index in [1.807, 2.05) is 6.92 Å². The zero-order valence-electron chi connectivity index (χ0n) is 7.71. The van der Waals surface area contributed by atoms with E-state index in [9.17, 15) is 8.78 Å². The standard InChI is InChI=1S/C7H8ClF2N3OS/c1-2-15-5-3(14-6(9)10)4(8)12-7(11)13-5/h6H,2H2,1H3,(H2,11,12,13). The molecule has 8 heteroatoms. The molecule has 4 nitrogen and oxygen atoms in total. The lowest BCUT2D eigenvalue weighted by molar-refractivity contribution is -0.0522. The lowest BCUT2D eigenvalue weighted by Crippen LogP contribution is -2.07. The maximum Gasteiger partial charge on any atom is 0.387 e. The van der Waals surface area contributed by atoms with Crippen molar-refractivity contribution in [1.82, 2.24) is 9.97 Å². The molecule has 1 rings (SSSR count). The molecule has 0 saturated heterocycles. The van der Waals surface area contributed by atoms with Crippen molar-refractivity contribution in [2.24, 2.45) is 0 Å². The molecular formula is C7H8ClF2N3OS. The Balaban J connectivity index is 3.08. The minimum atomic E-state index is -2.97. The lowest BCUT2D eigenvalue weighted by Gasteiger charge is -2.10. The number of rotatable bonds is 4. The number of hydrogen-bond acceptors (Lipinski definition) is 5. The Kier molecular flexibility index (Phi) is 4.34. The number of anilines is 1. The molecule has 0 unspecified atom stereocenters. The molecule has 0 aromatic carbocycles. The van der Waals surface area contributed by atoms with Crippen LogP contribution in [-0.2, 0) is 0 Å². The van der Waals surface area contributed by atoms with Gasteiger partial charge in [0.2, 0.25) is 5.95 Å². The number of alkyl halides is 2. The van der Waals surface area contributed by atoms with Gasteiger partial charge in [-0.05, 0) is 5.75 Å². The summed E-state index contributed by atoms with van der Waals surface area (Å²) >= 11 is 6.81. The van der Waals surface area contributed by atoms with E-state index in [0.29, 0.717) is 5.75 Å². The highest BCUT2D eigenvalue weighted by atomic mass is 35.5. The van der Waals surface area contributed by atoms with Crippen LogP contribution >= 0.6 is 23.4 Å². The van der Waals surface area contributed by atoms with Crippen molar-refractivity contribution in [2.75, 3.05) is 11.5 Å². The van der Waals surface area contributed by atoms with Gasteiger partial charge in [-0.2, -0.15) is 13.8 Å². The first-order chi connectivity index (χ1) is 7.04. The molecule has 0 radical (unpaired) electrons. The largest absolute Gasteiger partial charge is 0.429 e. The van der Waals surface area contributed by atoms with Crippen LogP contribution in [0.1, 0.15) is 6.92 Å². The fourth-order valence-electron chi connectivity index (χ4n) is 0.842. The summed E-state index contributed by atoms with van der Waals surface area (Å²) in [4.78, 5) is 7.29. The number of nitrogen functional groups attached to an aromatic ring is 1. The van der Waals surface area contributed by atoms with Crippen molar-refractivity contribution >= 4 is 29.3 Å². The van der Waals surface area contributed by atoms with E-state index in [2.05, 4.69) is 14.7 Å². The van der Waals surface area contributed by atoms with Gasteiger partial charge < -0.3 is 10.5 Å². The fraction of sp³-hybridized carbons (Fsp3) is 0.429. The van der Waals surface area contributed by atoms with E-state index in [1.165, 1.54) is 11.8 Å². The highest BCUT2D eigenvalue weighted by molar-refractivity contribution is 7.99. The second-order valence-electron chi connectivity index (χ2n) is 2.32. The molecule has 1 aromatic heterocycles. The number of halogens is 3. The topological polar surface area (TPSA) is 61.0 Å². The van der Waals surface area contributed by atoms with Gasteiger partial charge in [-0.25, -0.2) is 4.98 Å². The summed E-state index contributed by atoms with van der Waals surface area (Å²) in [5.74, 6) is 0.331. The van der Waals surface area contributed by atoms with Crippen molar-refractivity contribution in [3.8, 4) is 5.75 Å². The predicted octanol–water partition coefficient (Wildman–Crippen LogP) is 2.43. The quantitative estimate of drug-likeness (QED) is 0.661. The molecule has 0 atom stereocenters. The number of aromatic nitrogens is 2. The van der Waals surface area contributed by atoms with E-state index in [-0.39, 0.29) is 21.9 Å². The van der Waals surface area contributed by atoms with Gasteiger partial charge in [0.1, 0.15) is 5.03 Å². The van der Waals surface area contributed by atoms with Crippen molar-refractivity contribution in [3.63, 3.8) is 0 Å². The minimum Gasteiger partial charge on any atom is -0.429 e. The van der Waals surface area contributed by atoms with Crippen LogP contribution in [-0.4, -0.2) is 22.3 Å². The number of ether oxygens (including phenoxy) is 1. The maximum atomic E-state index is 12.0. The van der Waals surface area contributed by atoms with Crippen molar-refractivity contribution in [2.45, 2.75) is 18.6 Å². The van der Waals surface area contributed by atoms with Crippen LogP contribution in [0.2, 0.25) is 5.15 Å². The van der Waals surface area contributed by atoms with E-state index >= 15 is 0 Å². The van der Waals surface area contributed by atoms with Gasteiger partial charge in [-0.3, -0.25) is 0 Å². The Labute approximate surface area is 94.2 Å². The van der Waals surface area contributed by atoms with Gasteiger partial charge in [0.05, 0.1) is 0 Å². The SMILES string of the molecule is CCSc1nc(N)nc(Cl)c1OC(F)F. The van der Waals surface area contributed by atoms with Crippen LogP contribution < -0.4 is 10.5 Å². The average Bonchev–Trinajstić information content (AvgIpc) is 2.11. The Hall–Kier alpha value is -0.820. The average molecular weight is 256 g/mol. The monoisotopic (exact) mass is 255 g/mol. The molecule has 15 heavy (non-hydrogen) atoms. The van der Waals surface area contributed by atoms with Gasteiger partial charge in [-0.15, -0.1) is 11.8 Å². The third kappa shape index (κ3) is 3.35. The van der Waals surface area contributed by atoms with Crippen molar-refractivity contribution in [3.05, 3.63) is 5.15 Å². The summed E-state index contributed by atoms with van der Waals surface area (Å²) in [6.07, 6.45) is 0. The Morgan fingerprint density at radius 1 is 1.53 bits per heavy atom. The Morgan fingerprint density at radius 2 is 2.20 bits per heavy atom. The predicted molar refractivity (Wildman–Crippen MR) is 54.5 cm³/mol. The minimum absolute atomic E-state index is 0.0717. The van der Waals surface area contributed by atoms with Gasteiger partial charge >= 0.3 is 6.61 Å². The smallest absolute Gasteiger partial charge is 0.387 e. The van der Waals surface area contributed by atoms with Gasteiger partial charge in [0.25, 0.3) is 0 Å². The third-order valence-corrected chi connectivity index (χ3v) is 2.39. The molecule has 0 saturated carbocycles. The number of hydrogen-bond donors (Lipinski definition) is 1. The molecule has 84 valence electrons. The number of thioether (sulfide) groups is 1. The van der Waals surface area contributed by atoms with E-state index in [4.69, 9.17) is 17.3 Å². The fourth-order valence-corrected chi connectivity index (χ4v) is 1.83. The van der Waals surface area contributed by atoms with Gasteiger partial charge in [0, 0.05) is 0 Å². The van der Waals surface area contributed by atoms with E-state index in [0.717, 1.165) is 0 Å². The van der Waals surface area contributed by atoms with Gasteiger partial charge in [-0.1, -0.05) is 18.5 Å². The maximum absolute atomic E-state index is 12.0. The van der Waals surface area contributed by atoms with Crippen LogP contribution in [0, 0.1) is 0 Å². The normalized spacial score (nSPS) is 10.7. The zero-order chi connectivity index (χ0) is 11.4. The molecule has 0 fully saturated rings. The molecule has 2 N–H and O–H groups in total. The zero-order valence-corrected chi connectivity index (χ0v) is 9.28. The summed E-state index contributed by atoms with van der Waals surface area (Å²) in [6.45, 7) is -1.13. The molecule has 0 aliphatic heterocycles. The van der Waals surface area contributed by atoms with Crippen LogP contribution in [0.15, 0.2) is 5.03 Å².